The molecule has 0 spiro atoms. The lowest BCUT2D eigenvalue weighted by Crippen LogP contribution is -2.40. The zero-order valence-corrected chi connectivity index (χ0v) is 14.1. The van der Waals surface area contributed by atoms with Gasteiger partial charge in [-0.25, -0.2) is 0 Å². The summed E-state index contributed by atoms with van der Waals surface area (Å²) in [7, 11) is 0. The van der Waals surface area contributed by atoms with Gasteiger partial charge in [-0.05, 0) is 62.0 Å². The summed E-state index contributed by atoms with van der Waals surface area (Å²) in [5.74, 6) is 2.69. The van der Waals surface area contributed by atoms with Gasteiger partial charge in [0.15, 0.2) is 0 Å². The second kappa shape index (κ2) is 8.58. The molecule has 21 heavy (non-hydrogen) atoms. The molecule has 0 amide bonds. The summed E-state index contributed by atoms with van der Waals surface area (Å²) in [5, 5.41) is 3.84. The van der Waals surface area contributed by atoms with Crippen molar-refractivity contribution in [3.8, 4) is 0 Å². The fourth-order valence-electron chi connectivity index (χ4n) is 3.76. The lowest BCUT2D eigenvalue weighted by Gasteiger charge is -2.37. The zero-order valence-electron chi connectivity index (χ0n) is 14.1. The Kier molecular flexibility index (Phi) is 6.76. The predicted molar refractivity (Wildman–Crippen MR) is 92.5 cm³/mol. The molecule has 4 unspecified atom stereocenters. The van der Waals surface area contributed by atoms with Crippen LogP contribution in [0, 0.1) is 17.8 Å². The van der Waals surface area contributed by atoms with Crippen molar-refractivity contribution in [3.63, 3.8) is 0 Å². The van der Waals surface area contributed by atoms with Gasteiger partial charge in [-0.2, -0.15) is 0 Å². The summed E-state index contributed by atoms with van der Waals surface area (Å²) in [5.41, 5.74) is 1.48. The first-order valence-electron chi connectivity index (χ1n) is 8.98. The minimum absolute atomic E-state index is 0.708. The average molecular weight is 287 g/mol. The van der Waals surface area contributed by atoms with Crippen molar-refractivity contribution >= 4 is 0 Å². The van der Waals surface area contributed by atoms with Crippen LogP contribution in [0.4, 0.5) is 0 Å². The smallest absolute Gasteiger partial charge is 0.00985 e. The van der Waals surface area contributed by atoms with E-state index in [2.05, 4.69) is 56.4 Å². The van der Waals surface area contributed by atoms with Crippen LogP contribution >= 0.6 is 0 Å². The summed E-state index contributed by atoms with van der Waals surface area (Å²) in [6.45, 7) is 8.32. The normalized spacial score (nSPS) is 27.5. The van der Waals surface area contributed by atoms with Gasteiger partial charge >= 0.3 is 0 Å². The van der Waals surface area contributed by atoms with Crippen molar-refractivity contribution in [2.24, 2.45) is 17.8 Å². The Labute approximate surface area is 131 Å². The Morgan fingerprint density at radius 3 is 2.52 bits per heavy atom. The summed E-state index contributed by atoms with van der Waals surface area (Å²) in [4.78, 5) is 0. The first kappa shape index (κ1) is 16.5. The molecule has 1 fully saturated rings. The topological polar surface area (TPSA) is 12.0 Å². The van der Waals surface area contributed by atoms with E-state index < -0.39 is 0 Å². The van der Waals surface area contributed by atoms with Crippen LogP contribution in [0.3, 0.4) is 0 Å². The number of benzene rings is 1. The minimum atomic E-state index is 0.708. The Morgan fingerprint density at radius 2 is 1.86 bits per heavy atom. The van der Waals surface area contributed by atoms with Gasteiger partial charge in [0.05, 0.1) is 0 Å². The van der Waals surface area contributed by atoms with Gasteiger partial charge in [0, 0.05) is 6.04 Å². The molecule has 0 bridgehead atoms. The number of aryl methyl sites for hydroxylation is 1. The second-order valence-electron chi connectivity index (χ2n) is 7.11. The molecule has 1 aliphatic rings. The molecule has 1 saturated carbocycles. The third kappa shape index (κ3) is 5.14. The molecule has 1 N–H and O–H groups in total. The van der Waals surface area contributed by atoms with E-state index in [-0.39, 0.29) is 0 Å². The third-order valence-electron chi connectivity index (χ3n) is 5.45. The zero-order chi connectivity index (χ0) is 15.1. The van der Waals surface area contributed by atoms with Crippen LogP contribution in [0.15, 0.2) is 30.3 Å². The van der Waals surface area contributed by atoms with Gasteiger partial charge in [0.2, 0.25) is 0 Å². The highest BCUT2D eigenvalue weighted by molar-refractivity contribution is 5.14. The fourth-order valence-corrected chi connectivity index (χ4v) is 3.76. The fraction of sp³-hybridized carbons (Fsp3) is 0.700. The van der Waals surface area contributed by atoms with Crippen molar-refractivity contribution < 1.29 is 0 Å². The standard InChI is InChI=1S/C20H33N/c1-4-14-21-20(13-11-18-8-6-5-7-9-18)19-12-10-16(2)17(3)15-19/h5-9,16-17,19-21H,4,10-15H2,1-3H3. The molecule has 1 heteroatoms. The van der Waals surface area contributed by atoms with Crippen LogP contribution in [0.2, 0.25) is 0 Å². The van der Waals surface area contributed by atoms with Crippen LogP contribution in [0.1, 0.15) is 58.4 Å². The van der Waals surface area contributed by atoms with E-state index in [0.29, 0.717) is 6.04 Å². The van der Waals surface area contributed by atoms with E-state index in [9.17, 15) is 0 Å². The van der Waals surface area contributed by atoms with Crippen molar-refractivity contribution in [3.05, 3.63) is 35.9 Å². The van der Waals surface area contributed by atoms with Crippen molar-refractivity contribution in [2.45, 2.75) is 65.3 Å². The number of nitrogens with one attached hydrogen (secondary N) is 1. The van der Waals surface area contributed by atoms with Crippen molar-refractivity contribution in [1.29, 1.82) is 0 Å². The molecule has 4 atom stereocenters. The molecule has 2 rings (SSSR count). The number of rotatable bonds is 7. The van der Waals surface area contributed by atoms with Crippen LogP contribution in [-0.2, 0) is 6.42 Å². The van der Waals surface area contributed by atoms with E-state index in [1.165, 1.54) is 50.6 Å². The molecule has 1 nitrogen and oxygen atoms in total. The third-order valence-corrected chi connectivity index (χ3v) is 5.45. The lowest BCUT2D eigenvalue weighted by molar-refractivity contribution is 0.166. The largest absolute Gasteiger partial charge is 0.314 e. The molecule has 1 aromatic carbocycles. The van der Waals surface area contributed by atoms with E-state index in [1.807, 2.05) is 0 Å². The quantitative estimate of drug-likeness (QED) is 0.739. The highest BCUT2D eigenvalue weighted by Crippen LogP contribution is 2.36. The molecule has 0 aliphatic heterocycles. The SMILES string of the molecule is CCCNC(CCc1ccccc1)C1CCC(C)C(C)C1. The van der Waals surface area contributed by atoms with Gasteiger partial charge in [-0.3, -0.25) is 0 Å². The molecule has 0 saturated heterocycles. The Balaban J connectivity index is 1.91. The Bertz CT molecular complexity index is 386. The summed E-state index contributed by atoms with van der Waals surface area (Å²) in [6.07, 6.45) is 7.99. The molecular formula is C20H33N. The lowest BCUT2D eigenvalue weighted by atomic mass is 9.72. The second-order valence-corrected chi connectivity index (χ2v) is 7.11. The molecule has 1 aromatic rings. The van der Waals surface area contributed by atoms with Gasteiger partial charge in [0.1, 0.15) is 0 Å². The molecule has 118 valence electrons. The highest BCUT2D eigenvalue weighted by Gasteiger charge is 2.29. The molecule has 0 heterocycles. The van der Waals surface area contributed by atoms with Gasteiger partial charge in [-0.15, -0.1) is 0 Å². The van der Waals surface area contributed by atoms with Gasteiger partial charge < -0.3 is 5.32 Å². The van der Waals surface area contributed by atoms with E-state index >= 15 is 0 Å². The average Bonchev–Trinajstić information content (AvgIpc) is 2.51. The maximum atomic E-state index is 3.84. The van der Waals surface area contributed by atoms with E-state index in [1.54, 1.807) is 0 Å². The first-order valence-corrected chi connectivity index (χ1v) is 8.98. The summed E-state index contributed by atoms with van der Waals surface area (Å²) >= 11 is 0. The van der Waals surface area contributed by atoms with E-state index in [4.69, 9.17) is 0 Å². The first-order chi connectivity index (χ1) is 10.2. The van der Waals surface area contributed by atoms with Crippen LogP contribution in [0.25, 0.3) is 0 Å². The van der Waals surface area contributed by atoms with Crippen molar-refractivity contribution in [1.82, 2.24) is 5.32 Å². The molecule has 0 aromatic heterocycles. The monoisotopic (exact) mass is 287 g/mol. The molecule has 0 radical (unpaired) electrons. The van der Waals surface area contributed by atoms with Gasteiger partial charge in [-0.1, -0.05) is 57.5 Å². The van der Waals surface area contributed by atoms with Gasteiger partial charge in [0.25, 0.3) is 0 Å². The Hall–Kier alpha value is -0.820. The van der Waals surface area contributed by atoms with Crippen LogP contribution in [0.5, 0.6) is 0 Å². The van der Waals surface area contributed by atoms with Crippen molar-refractivity contribution in [2.75, 3.05) is 6.54 Å². The molecular weight excluding hydrogens is 254 g/mol. The Morgan fingerprint density at radius 1 is 1.10 bits per heavy atom. The maximum absolute atomic E-state index is 3.84. The summed E-state index contributed by atoms with van der Waals surface area (Å²) < 4.78 is 0. The minimum Gasteiger partial charge on any atom is -0.314 e. The molecule has 1 aliphatic carbocycles. The highest BCUT2D eigenvalue weighted by atomic mass is 14.9. The number of hydrogen-bond donors (Lipinski definition) is 1. The number of hydrogen-bond acceptors (Lipinski definition) is 1. The summed E-state index contributed by atoms with van der Waals surface area (Å²) in [6, 6.07) is 11.7. The van der Waals surface area contributed by atoms with E-state index in [0.717, 1.165) is 17.8 Å². The van der Waals surface area contributed by atoms with Crippen LogP contribution in [-0.4, -0.2) is 12.6 Å². The maximum Gasteiger partial charge on any atom is 0.00985 e. The van der Waals surface area contributed by atoms with Crippen LogP contribution < -0.4 is 5.32 Å². The predicted octanol–water partition coefficient (Wildman–Crippen LogP) is 5.06.